The van der Waals surface area contributed by atoms with Crippen LogP contribution in [0.3, 0.4) is 0 Å². The highest BCUT2D eigenvalue weighted by atomic mass is 16.3. The van der Waals surface area contributed by atoms with Crippen LogP contribution in [-0.2, 0) is 0 Å². The van der Waals surface area contributed by atoms with E-state index in [0.29, 0.717) is 51.1 Å². The molecular formula is C82H75N17O. The van der Waals surface area contributed by atoms with E-state index in [2.05, 4.69) is 211 Å². The zero-order valence-electron chi connectivity index (χ0n) is 59.4. The summed E-state index contributed by atoms with van der Waals surface area (Å²) in [7, 11) is 8.07. The highest BCUT2D eigenvalue weighted by molar-refractivity contribution is 6.06. The Morgan fingerprint density at radius 1 is 0.370 bits per heavy atom. The average Bonchev–Trinajstić information content (AvgIpc) is 1.60. The highest BCUT2D eigenvalue weighted by Gasteiger charge is 2.39. The van der Waals surface area contributed by atoms with Gasteiger partial charge < -0.3 is 43.6 Å². The molecule has 6 heterocycles. The number of nitrogens with zero attached hydrogens (tertiary/aromatic N) is 17. The summed E-state index contributed by atoms with van der Waals surface area (Å²) in [5, 5.41) is 11.5. The Morgan fingerprint density at radius 2 is 0.830 bits per heavy atom. The molecule has 18 nitrogen and oxygen atoms in total. The summed E-state index contributed by atoms with van der Waals surface area (Å²) in [6, 6.07) is 39.6. The second-order valence-electron chi connectivity index (χ2n) is 25.9. The Bertz CT molecular complexity index is 5410. The molecule has 0 unspecified atom stereocenters. The minimum Gasteiger partial charge on any atom is -0.438 e. The van der Waals surface area contributed by atoms with Gasteiger partial charge >= 0.3 is 0 Å². The predicted molar refractivity (Wildman–Crippen MR) is 408 cm³/mol. The molecule has 18 heteroatoms. The number of aryl methyl sites for hydroxylation is 6. The Balaban J connectivity index is 0.000000135. The van der Waals surface area contributed by atoms with Crippen LogP contribution in [0.15, 0.2) is 126 Å². The van der Waals surface area contributed by atoms with Gasteiger partial charge in [-0.25, -0.2) is 9.83 Å². The van der Waals surface area contributed by atoms with Gasteiger partial charge in [0.2, 0.25) is 5.71 Å². The smallest absolute Gasteiger partial charge is 0.227 e. The molecular weight excluding hydrogens is 1240 g/mol. The number of hydrogen-bond donors (Lipinski definition) is 0. The fraction of sp³-hybridized carbons (Fsp3) is 0.256. The van der Waals surface area contributed by atoms with Crippen LogP contribution >= 0.6 is 0 Å². The first-order valence-corrected chi connectivity index (χ1v) is 32.6. The van der Waals surface area contributed by atoms with Gasteiger partial charge in [-0.05, 0) is 213 Å². The van der Waals surface area contributed by atoms with Crippen LogP contribution in [0.25, 0.3) is 56.0 Å². The second kappa shape index (κ2) is 26.9. The summed E-state index contributed by atoms with van der Waals surface area (Å²) in [4.78, 5) is 46.6. The first-order valence-electron chi connectivity index (χ1n) is 32.6. The zero-order valence-corrected chi connectivity index (χ0v) is 59.4. The Kier molecular flexibility index (Phi) is 18.4. The molecule has 0 spiro atoms. The number of anilines is 12. The lowest BCUT2D eigenvalue weighted by molar-refractivity contribution is 0.653. The monoisotopic (exact) mass is 1310 g/mol. The van der Waals surface area contributed by atoms with E-state index in [-0.39, 0.29) is 24.7 Å². The molecule has 100 heavy (non-hydrogen) atoms. The number of pyridine rings is 1. The molecule has 4 atom stereocenters. The fourth-order valence-electron chi connectivity index (χ4n) is 14.3. The van der Waals surface area contributed by atoms with Crippen molar-refractivity contribution in [3.8, 4) is 6.07 Å². The van der Waals surface area contributed by atoms with E-state index in [4.69, 9.17) is 50.4 Å². The lowest BCUT2D eigenvalue weighted by Crippen LogP contribution is -2.36. The summed E-state index contributed by atoms with van der Waals surface area (Å²) in [5.74, 6) is 0. The molecule has 4 aliphatic rings. The lowest BCUT2D eigenvalue weighted by Gasteiger charge is -2.31. The molecule has 0 radical (unpaired) electrons. The second-order valence-corrected chi connectivity index (χ2v) is 25.9. The third-order valence-corrected chi connectivity index (χ3v) is 20.4. The van der Waals surface area contributed by atoms with Crippen molar-refractivity contribution in [2.75, 3.05) is 67.4 Å². The third-order valence-electron chi connectivity index (χ3n) is 20.4. The van der Waals surface area contributed by atoms with E-state index in [0.717, 1.165) is 78.8 Å². The maximum atomic E-state index is 9.44. The van der Waals surface area contributed by atoms with E-state index in [1.54, 1.807) is 12.3 Å². The Labute approximate surface area is 586 Å². The van der Waals surface area contributed by atoms with Crippen LogP contribution in [0, 0.1) is 120 Å². The van der Waals surface area contributed by atoms with Crippen LogP contribution in [0.1, 0.15) is 83.3 Å². The molecule has 8 aromatic carbocycles. The van der Waals surface area contributed by atoms with Crippen molar-refractivity contribution in [3.63, 3.8) is 0 Å². The van der Waals surface area contributed by atoms with Crippen molar-refractivity contribution in [1.82, 2.24) is 4.98 Å². The molecule has 0 saturated heterocycles. The van der Waals surface area contributed by atoms with Gasteiger partial charge in [-0.15, -0.1) is 0 Å². The van der Waals surface area contributed by atoms with Crippen molar-refractivity contribution in [1.29, 1.82) is 5.26 Å². The first-order chi connectivity index (χ1) is 47.8. The van der Waals surface area contributed by atoms with Gasteiger partial charge in [0.1, 0.15) is 36.3 Å². The fourth-order valence-corrected chi connectivity index (χ4v) is 14.3. The van der Waals surface area contributed by atoms with Crippen LogP contribution in [-0.4, -0.2) is 57.8 Å². The van der Waals surface area contributed by atoms with Gasteiger partial charge in [-0.1, -0.05) is 36.4 Å². The topological polar surface area (TPSA) is 106 Å². The first kappa shape index (κ1) is 68.4. The molecule has 0 fully saturated rings. The van der Waals surface area contributed by atoms with Gasteiger partial charge in [0, 0.05) is 91.0 Å². The van der Waals surface area contributed by atoms with Gasteiger partial charge in [0.15, 0.2) is 39.8 Å². The number of fused-ring (bicyclic) bond motifs is 7. The largest absolute Gasteiger partial charge is 0.438 e. The number of aromatic nitrogens is 1. The van der Waals surface area contributed by atoms with Crippen LogP contribution in [0.5, 0.6) is 0 Å². The van der Waals surface area contributed by atoms with Crippen molar-refractivity contribution in [3.05, 3.63) is 257 Å². The summed E-state index contributed by atoms with van der Waals surface area (Å²) >= 11 is 0. The van der Waals surface area contributed by atoms with E-state index >= 15 is 0 Å². The van der Waals surface area contributed by atoms with E-state index < -0.39 is 0 Å². The summed E-state index contributed by atoms with van der Waals surface area (Å²) in [6.07, 6.45) is 2.09. The average molecular weight is 1310 g/mol. The van der Waals surface area contributed by atoms with Gasteiger partial charge in [0.05, 0.1) is 80.0 Å². The lowest BCUT2D eigenvalue weighted by atomic mass is 9.97. The number of rotatable bonds is 4. The molecule has 0 N–H and O–H groups in total. The molecule has 14 rings (SSSR count). The summed E-state index contributed by atoms with van der Waals surface area (Å²) < 4.78 is 6.00. The predicted octanol–water partition coefficient (Wildman–Crippen LogP) is 22.3. The van der Waals surface area contributed by atoms with Crippen LogP contribution in [0.4, 0.5) is 108 Å². The molecule has 0 aliphatic carbocycles. The quantitative estimate of drug-likeness (QED) is 0.157. The highest BCUT2D eigenvalue weighted by Crippen LogP contribution is 2.55. The van der Waals surface area contributed by atoms with Crippen LogP contribution in [0.2, 0.25) is 0 Å². The molecule has 0 amide bonds. The maximum absolute atomic E-state index is 9.44. The van der Waals surface area contributed by atoms with Gasteiger partial charge in [0.25, 0.3) is 0 Å². The van der Waals surface area contributed by atoms with Crippen molar-refractivity contribution in [2.45, 2.75) is 115 Å². The number of para-hydroxylation sites is 1. The zero-order chi connectivity index (χ0) is 72.2. The number of hydrogen-bond acceptors (Lipinski definition) is 11. The van der Waals surface area contributed by atoms with E-state index in [9.17, 15) is 5.26 Å². The third kappa shape index (κ3) is 11.3. The van der Waals surface area contributed by atoms with Crippen LogP contribution < -0.4 is 39.2 Å². The number of furan rings is 1. The number of nitriles is 1. The van der Waals surface area contributed by atoms with Gasteiger partial charge in [-0.3, -0.25) is 29.1 Å². The molecule has 10 aromatic rings. The van der Waals surface area contributed by atoms with E-state index in [1.807, 2.05) is 101 Å². The van der Waals surface area contributed by atoms with Gasteiger partial charge in [-0.2, -0.15) is 5.26 Å². The molecule has 0 saturated carbocycles. The minimum absolute atomic E-state index is 0.0308. The van der Waals surface area contributed by atoms with Crippen molar-refractivity contribution >= 4 is 130 Å². The molecule has 2 aromatic heterocycles. The number of benzene rings is 8. The Hall–Kier alpha value is -13.0. The standard InChI is InChI=1S/C23H17N5O.C21H22N4.C20H20N4.C18H16N4/c1-13-9-16-15-7-6-8-26-23(15)29-22(16)12-19(13)28-14(2)27(5)20-10-17(24-3)18(25-4)11-21(20)28;1-12-9-13(2)21(15(4)14(12)3)25-16(5)24(8)19-10-17(22-6)18(23-7)11-20(19)25;1-12-8-9-13(2)20(14(12)3)24-15(4)23(7)18-10-16(21-5)17(22-6)11-19(18)24;1-12-7-5-6-8-16(12)22-13(2)21(4)18-14(11-19)9-15(20-3)10-17(18)22/h6-12,14H,1-2,5H3;9-11,16H,1-5,8H3;8-11,15H,1-4,7H3;5-10,13H,1-2,4H3/t14-;16-;15-;13-/m0000/s1. The van der Waals surface area contributed by atoms with Crippen molar-refractivity contribution < 1.29 is 4.42 Å². The van der Waals surface area contributed by atoms with Crippen molar-refractivity contribution in [2.24, 2.45) is 0 Å². The normalized spacial score (nSPS) is 15.8. The summed E-state index contributed by atoms with van der Waals surface area (Å²) in [5.41, 5.74) is 28.2. The maximum Gasteiger partial charge on any atom is 0.227 e. The van der Waals surface area contributed by atoms with E-state index in [1.165, 1.54) is 55.9 Å². The SMILES string of the molecule is [C-]#[N+]c1cc(C#N)c2c(c1)N(c1ccccc1C)[C@@H](C)N2C.[C-]#[N+]c1cc2c(cc1[N+]#[C-])N(c1c(C)cc(C)c(C)c1C)[C@@H](C)N2C.[C-]#[N+]c1cc2c(cc1[N+]#[C-])N(c1c(C)ccc(C)c1C)[C@@H](C)N2C.[C-]#[N+]c1cc2c(cc1[N+]#[C-])N(c1cc3oc4ncccc4c3cc1C)[C@@H](C)N2C. The minimum atomic E-state index is 0.0308. The Morgan fingerprint density at radius 3 is 1.33 bits per heavy atom. The summed E-state index contributed by atoms with van der Waals surface area (Å²) in [6.45, 7) is 79.3. The molecule has 494 valence electrons. The molecule has 0 bridgehead atoms. The molecule has 4 aliphatic heterocycles.